The van der Waals surface area contributed by atoms with E-state index in [1.54, 1.807) is 0 Å². The molecular formula is C19H31IN6O. The summed E-state index contributed by atoms with van der Waals surface area (Å²) in [4.78, 5) is 9.26. The monoisotopic (exact) mass is 486 g/mol. The van der Waals surface area contributed by atoms with Crippen LogP contribution in [0.25, 0.3) is 0 Å². The molecule has 0 aromatic carbocycles. The molecule has 2 N–H and O–H groups in total. The highest BCUT2D eigenvalue weighted by molar-refractivity contribution is 14.0. The van der Waals surface area contributed by atoms with Gasteiger partial charge in [0.25, 0.3) is 0 Å². The van der Waals surface area contributed by atoms with Crippen LogP contribution in [0.1, 0.15) is 50.7 Å². The molecule has 1 aromatic heterocycles. The SMILES string of the molecule is CCN=C(NC1CCc2nc(C)nn2C1)NC1C2CCOC2C12CCC2.I. The number of nitrogens with zero attached hydrogens (tertiary/aromatic N) is 4. The average molecular weight is 486 g/mol. The minimum absolute atomic E-state index is 0. The molecule has 1 saturated heterocycles. The molecule has 27 heavy (non-hydrogen) atoms. The van der Waals surface area contributed by atoms with E-state index in [9.17, 15) is 0 Å². The number of hydrogen-bond donors (Lipinski definition) is 2. The third kappa shape index (κ3) is 3.16. The van der Waals surface area contributed by atoms with E-state index in [1.807, 2.05) is 6.92 Å². The fourth-order valence-electron chi connectivity index (χ4n) is 5.64. The Kier molecular flexibility index (Phi) is 5.39. The van der Waals surface area contributed by atoms with Crippen molar-refractivity contribution >= 4 is 29.9 Å². The number of fused-ring (bicyclic) bond motifs is 3. The molecule has 4 aliphatic rings. The lowest BCUT2D eigenvalue weighted by atomic mass is 9.46. The molecular weight excluding hydrogens is 455 g/mol. The molecule has 0 amide bonds. The number of aliphatic imine (C=N–C) groups is 1. The fourth-order valence-corrected chi connectivity index (χ4v) is 5.64. The summed E-state index contributed by atoms with van der Waals surface area (Å²) in [6.45, 7) is 6.66. The second-order valence-electron chi connectivity index (χ2n) is 8.41. The first kappa shape index (κ1) is 19.4. The summed E-state index contributed by atoms with van der Waals surface area (Å²) in [6.07, 6.45) is 7.68. The summed E-state index contributed by atoms with van der Waals surface area (Å²) < 4.78 is 8.11. The molecule has 0 bridgehead atoms. The summed E-state index contributed by atoms with van der Waals surface area (Å²) >= 11 is 0. The van der Waals surface area contributed by atoms with Gasteiger partial charge < -0.3 is 15.4 Å². The van der Waals surface area contributed by atoms with Crippen LogP contribution in [-0.2, 0) is 17.7 Å². The second kappa shape index (κ2) is 7.50. The molecule has 150 valence electrons. The Balaban J connectivity index is 0.00000180. The van der Waals surface area contributed by atoms with E-state index < -0.39 is 0 Å². The van der Waals surface area contributed by atoms with Crippen molar-refractivity contribution in [1.29, 1.82) is 0 Å². The van der Waals surface area contributed by atoms with E-state index >= 15 is 0 Å². The van der Waals surface area contributed by atoms with Crippen molar-refractivity contribution in [3.8, 4) is 0 Å². The molecule has 2 saturated carbocycles. The Morgan fingerprint density at radius 3 is 2.93 bits per heavy atom. The molecule has 3 fully saturated rings. The lowest BCUT2D eigenvalue weighted by molar-refractivity contribution is -0.171. The van der Waals surface area contributed by atoms with Gasteiger partial charge in [-0.25, -0.2) is 9.67 Å². The minimum atomic E-state index is 0. The Hall–Kier alpha value is -0.900. The average Bonchev–Trinajstić information content (AvgIpc) is 3.14. The maximum atomic E-state index is 6.05. The summed E-state index contributed by atoms with van der Waals surface area (Å²) in [5.74, 6) is 3.62. The highest BCUT2D eigenvalue weighted by Gasteiger charge is 2.66. The zero-order valence-corrected chi connectivity index (χ0v) is 18.6. The van der Waals surface area contributed by atoms with E-state index in [0.717, 1.165) is 50.1 Å². The molecule has 4 unspecified atom stereocenters. The Labute approximate surface area is 178 Å². The molecule has 5 rings (SSSR count). The zero-order chi connectivity index (χ0) is 17.7. The quantitative estimate of drug-likeness (QED) is 0.389. The normalized spacial score (nSPS) is 33.3. The topological polar surface area (TPSA) is 76.4 Å². The molecule has 7 nitrogen and oxygen atoms in total. The summed E-state index contributed by atoms with van der Waals surface area (Å²) in [7, 11) is 0. The predicted octanol–water partition coefficient (Wildman–Crippen LogP) is 2.03. The second-order valence-corrected chi connectivity index (χ2v) is 8.41. The minimum Gasteiger partial charge on any atom is -0.377 e. The first-order valence-electron chi connectivity index (χ1n) is 10.3. The maximum absolute atomic E-state index is 6.05. The van der Waals surface area contributed by atoms with Gasteiger partial charge in [0.15, 0.2) is 5.96 Å². The van der Waals surface area contributed by atoms with Crippen LogP contribution in [0.15, 0.2) is 4.99 Å². The standard InChI is InChI=1S/C19H30N6O.HI/c1-3-20-18(22-13-5-6-15-21-12(2)24-25(15)11-13)23-16-14-7-10-26-17(14)19(16)8-4-9-19;/h13-14,16-17H,3-11H2,1-2H3,(H2,20,22,23);1H. The smallest absolute Gasteiger partial charge is 0.191 e. The lowest BCUT2D eigenvalue weighted by Crippen LogP contribution is -2.72. The highest BCUT2D eigenvalue weighted by atomic mass is 127. The van der Waals surface area contributed by atoms with Crippen molar-refractivity contribution in [2.24, 2.45) is 16.3 Å². The summed E-state index contributed by atoms with van der Waals surface area (Å²) in [5, 5.41) is 12.0. The van der Waals surface area contributed by atoms with E-state index in [2.05, 4.69) is 32.3 Å². The largest absolute Gasteiger partial charge is 0.377 e. The third-order valence-electron chi connectivity index (χ3n) is 6.95. The van der Waals surface area contributed by atoms with Crippen molar-refractivity contribution in [2.75, 3.05) is 13.2 Å². The van der Waals surface area contributed by atoms with Crippen molar-refractivity contribution in [3.05, 3.63) is 11.6 Å². The van der Waals surface area contributed by atoms with E-state index in [4.69, 9.17) is 9.73 Å². The zero-order valence-electron chi connectivity index (χ0n) is 16.3. The Morgan fingerprint density at radius 2 is 2.19 bits per heavy atom. The molecule has 4 atom stereocenters. The third-order valence-corrected chi connectivity index (χ3v) is 6.95. The van der Waals surface area contributed by atoms with Crippen LogP contribution in [0.3, 0.4) is 0 Å². The Morgan fingerprint density at radius 1 is 1.33 bits per heavy atom. The maximum Gasteiger partial charge on any atom is 0.191 e. The van der Waals surface area contributed by atoms with Crippen molar-refractivity contribution in [2.45, 2.75) is 77.1 Å². The molecule has 0 radical (unpaired) electrons. The molecule has 2 aliphatic heterocycles. The number of aromatic nitrogens is 3. The van der Waals surface area contributed by atoms with Crippen LogP contribution >= 0.6 is 24.0 Å². The van der Waals surface area contributed by atoms with Crippen molar-refractivity contribution in [1.82, 2.24) is 25.4 Å². The van der Waals surface area contributed by atoms with Gasteiger partial charge in [0.2, 0.25) is 0 Å². The van der Waals surface area contributed by atoms with Gasteiger partial charge in [-0.3, -0.25) is 4.99 Å². The fraction of sp³-hybridized carbons (Fsp3) is 0.842. The van der Waals surface area contributed by atoms with E-state index in [0.29, 0.717) is 29.5 Å². The number of aryl methyl sites for hydroxylation is 2. The van der Waals surface area contributed by atoms with Crippen LogP contribution < -0.4 is 10.6 Å². The molecule has 1 spiro atoms. The first-order chi connectivity index (χ1) is 12.7. The van der Waals surface area contributed by atoms with E-state index in [1.165, 1.54) is 25.7 Å². The Bertz CT molecular complexity index is 715. The van der Waals surface area contributed by atoms with Crippen LogP contribution in [0, 0.1) is 18.3 Å². The van der Waals surface area contributed by atoms with E-state index in [-0.39, 0.29) is 24.0 Å². The summed E-state index contributed by atoms with van der Waals surface area (Å²) in [5.41, 5.74) is 0.375. The van der Waals surface area contributed by atoms with Crippen molar-refractivity contribution < 1.29 is 4.74 Å². The van der Waals surface area contributed by atoms with Crippen LogP contribution in [-0.4, -0.2) is 52.1 Å². The number of halogens is 1. The number of ether oxygens (including phenoxy) is 1. The van der Waals surface area contributed by atoms with Gasteiger partial charge >= 0.3 is 0 Å². The van der Waals surface area contributed by atoms with Crippen LogP contribution in [0.4, 0.5) is 0 Å². The summed E-state index contributed by atoms with van der Waals surface area (Å²) in [6, 6.07) is 0.878. The van der Waals surface area contributed by atoms with Gasteiger partial charge in [0.1, 0.15) is 11.6 Å². The molecule has 8 heteroatoms. The molecule has 1 aromatic rings. The first-order valence-corrected chi connectivity index (χ1v) is 10.3. The van der Waals surface area contributed by atoms with Crippen molar-refractivity contribution in [3.63, 3.8) is 0 Å². The molecule has 2 aliphatic carbocycles. The number of rotatable bonds is 3. The van der Waals surface area contributed by atoms with Gasteiger partial charge in [-0.1, -0.05) is 6.42 Å². The lowest BCUT2D eigenvalue weighted by Gasteiger charge is -2.63. The number of guanidine groups is 1. The van der Waals surface area contributed by atoms with Gasteiger partial charge in [0, 0.05) is 43.0 Å². The van der Waals surface area contributed by atoms with Crippen LogP contribution in [0.2, 0.25) is 0 Å². The number of hydrogen-bond acceptors (Lipinski definition) is 4. The predicted molar refractivity (Wildman–Crippen MR) is 114 cm³/mol. The van der Waals surface area contributed by atoms with Gasteiger partial charge in [0.05, 0.1) is 12.6 Å². The van der Waals surface area contributed by atoms with Crippen LogP contribution in [0.5, 0.6) is 0 Å². The number of nitrogens with one attached hydrogen (secondary N) is 2. The van der Waals surface area contributed by atoms with Gasteiger partial charge in [-0.15, -0.1) is 24.0 Å². The highest BCUT2D eigenvalue weighted by Crippen LogP contribution is 2.62. The van der Waals surface area contributed by atoms with Gasteiger partial charge in [-0.2, -0.15) is 5.10 Å². The van der Waals surface area contributed by atoms with Gasteiger partial charge in [-0.05, 0) is 39.5 Å². The molecule has 3 heterocycles.